The van der Waals surface area contributed by atoms with E-state index in [0.717, 1.165) is 47.5 Å². The van der Waals surface area contributed by atoms with Crippen LogP contribution in [0.1, 0.15) is 22.3 Å². The molecule has 0 spiro atoms. The van der Waals surface area contributed by atoms with Gasteiger partial charge in [0.1, 0.15) is 12.1 Å². The maximum atomic E-state index is 11.9. The summed E-state index contributed by atoms with van der Waals surface area (Å²) >= 11 is 0. The van der Waals surface area contributed by atoms with Gasteiger partial charge in [-0.25, -0.2) is 4.79 Å². The van der Waals surface area contributed by atoms with E-state index in [9.17, 15) is 4.79 Å². The van der Waals surface area contributed by atoms with Crippen LogP contribution in [0.4, 0.5) is 0 Å². The van der Waals surface area contributed by atoms with Crippen molar-refractivity contribution in [3.63, 3.8) is 0 Å². The van der Waals surface area contributed by atoms with Crippen molar-refractivity contribution in [3.8, 4) is 11.5 Å². The Balaban J connectivity index is 1.69. The molecule has 3 aromatic rings. The van der Waals surface area contributed by atoms with Crippen molar-refractivity contribution < 1.29 is 19.2 Å². The number of fused-ring (bicyclic) bond motifs is 1. The molecule has 5 nitrogen and oxygen atoms in total. The van der Waals surface area contributed by atoms with Crippen molar-refractivity contribution in [2.75, 3.05) is 20.8 Å². The number of rotatable bonds is 7. The Bertz CT molecular complexity index is 1010. The van der Waals surface area contributed by atoms with E-state index in [1.165, 1.54) is 11.1 Å². The Hall–Kier alpha value is -2.79. The number of benzene rings is 2. The van der Waals surface area contributed by atoms with Crippen molar-refractivity contribution in [2.45, 2.75) is 26.8 Å². The molecule has 0 fully saturated rings. The van der Waals surface area contributed by atoms with Gasteiger partial charge in [-0.1, -0.05) is 6.07 Å². The van der Waals surface area contributed by atoms with Crippen LogP contribution in [0, 0.1) is 13.8 Å². The van der Waals surface area contributed by atoms with Gasteiger partial charge < -0.3 is 19.2 Å². The predicted octanol–water partition coefficient (Wildman–Crippen LogP) is 2.73. The van der Waals surface area contributed by atoms with Gasteiger partial charge in [-0.2, -0.15) is 0 Å². The van der Waals surface area contributed by atoms with Crippen LogP contribution in [-0.4, -0.2) is 20.8 Å². The zero-order valence-electron chi connectivity index (χ0n) is 16.3. The van der Waals surface area contributed by atoms with Gasteiger partial charge in [-0.15, -0.1) is 0 Å². The summed E-state index contributed by atoms with van der Waals surface area (Å²) < 4.78 is 16.0. The monoisotopic (exact) mass is 368 g/mol. The summed E-state index contributed by atoms with van der Waals surface area (Å²) in [6.07, 6.45) is 0.901. The van der Waals surface area contributed by atoms with Crippen molar-refractivity contribution in [2.24, 2.45) is 0 Å². The fourth-order valence-corrected chi connectivity index (χ4v) is 3.21. The maximum Gasteiger partial charge on any atom is 0.336 e. The van der Waals surface area contributed by atoms with E-state index < -0.39 is 0 Å². The lowest BCUT2D eigenvalue weighted by Crippen LogP contribution is -2.83. The molecule has 0 bridgehead atoms. The molecule has 0 saturated carbocycles. The molecule has 2 aromatic carbocycles. The molecule has 0 amide bonds. The van der Waals surface area contributed by atoms with Gasteiger partial charge in [-0.05, 0) is 54.8 Å². The third kappa shape index (κ3) is 4.31. The molecule has 27 heavy (non-hydrogen) atoms. The number of aryl methyl sites for hydroxylation is 2. The zero-order chi connectivity index (χ0) is 19.4. The lowest BCUT2D eigenvalue weighted by molar-refractivity contribution is -0.670. The number of methoxy groups -OCH3 is 2. The lowest BCUT2D eigenvalue weighted by atomic mass is 10.0. The van der Waals surface area contributed by atoms with Gasteiger partial charge in [0, 0.05) is 23.4 Å². The standard InChI is InChI=1S/C22H25NO4/c1-14-9-18-17(12-22(24)27-20(18)10-15(14)2)13-23-8-7-16-5-6-19(25-3)21(11-16)26-4/h5-6,9-12,23H,7-8,13H2,1-4H3/p+1. The molecule has 5 heteroatoms. The SMILES string of the molecule is COc1ccc(CC[NH2+]Cc2cc(=O)oc3cc(C)c(C)cc23)cc1OC. The van der Waals surface area contributed by atoms with Crippen LogP contribution < -0.4 is 20.4 Å². The van der Waals surface area contributed by atoms with Crippen LogP contribution in [0.15, 0.2) is 45.6 Å². The van der Waals surface area contributed by atoms with Gasteiger partial charge >= 0.3 is 5.63 Å². The van der Waals surface area contributed by atoms with Crippen molar-refractivity contribution in [1.82, 2.24) is 0 Å². The molecule has 0 atom stereocenters. The minimum absolute atomic E-state index is 0.297. The molecular formula is C22H26NO4+. The highest BCUT2D eigenvalue weighted by Crippen LogP contribution is 2.27. The normalized spacial score (nSPS) is 11.0. The van der Waals surface area contributed by atoms with E-state index in [-0.39, 0.29) is 5.63 Å². The Morgan fingerprint density at radius 2 is 1.70 bits per heavy atom. The van der Waals surface area contributed by atoms with Crippen LogP contribution >= 0.6 is 0 Å². The third-order valence-corrected chi connectivity index (χ3v) is 4.89. The number of hydrogen-bond donors (Lipinski definition) is 1. The summed E-state index contributed by atoms with van der Waals surface area (Å²) in [5.41, 5.74) is 4.88. The summed E-state index contributed by atoms with van der Waals surface area (Å²) in [6.45, 7) is 5.74. The first-order valence-corrected chi connectivity index (χ1v) is 9.08. The Morgan fingerprint density at radius 1 is 0.963 bits per heavy atom. The topological polar surface area (TPSA) is 65.3 Å². The molecule has 0 aliphatic rings. The first-order chi connectivity index (χ1) is 13.0. The summed E-state index contributed by atoms with van der Waals surface area (Å²) in [4.78, 5) is 11.9. The highest BCUT2D eigenvalue weighted by atomic mass is 16.5. The van der Waals surface area contributed by atoms with Crippen LogP contribution in [-0.2, 0) is 13.0 Å². The van der Waals surface area contributed by atoms with Gasteiger partial charge in [0.2, 0.25) is 0 Å². The van der Waals surface area contributed by atoms with Crippen molar-refractivity contribution >= 4 is 11.0 Å². The predicted molar refractivity (Wildman–Crippen MR) is 106 cm³/mol. The summed E-state index contributed by atoms with van der Waals surface area (Å²) in [5, 5.41) is 3.22. The first kappa shape index (κ1) is 19.0. The van der Waals surface area contributed by atoms with Gasteiger partial charge in [-0.3, -0.25) is 0 Å². The molecule has 3 rings (SSSR count). The lowest BCUT2D eigenvalue weighted by Gasteiger charge is -2.10. The Morgan fingerprint density at radius 3 is 2.44 bits per heavy atom. The largest absolute Gasteiger partial charge is 0.493 e. The average molecular weight is 368 g/mol. The van der Waals surface area contributed by atoms with E-state index in [0.29, 0.717) is 5.58 Å². The summed E-state index contributed by atoms with van der Waals surface area (Å²) in [7, 11) is 3.28. The number of ether oxygens (including phenoxy) is 2. The first-order valence-electron chi connectivity index (χ1n) is 9.08. The fourth-order valence-electron chi connectivity index (χ4n) is 3.21. The molecule has 0 aliphatic heterocycles. The van der Waals surface area contributed by atoms with E-state index in [1.807, 2.05) is 31.2 Å². The molecule has 0 unspecified atom stereocenters. The molecule has 0 radical (unpaired) electrons. The average Bonchev–Trinajstić information content (AvgIpc) is 2.66. The summed E-state index contributed by atoms with van der Waals surface area (Å²) in [5.74, 6) is 1.48. The molecule has 142 valence electrons. The molecule has 0 aliphatic carbocycles. The second kappa shape index (κ2) is 8.27. The molecular weight excluding hydrogens is 342 g/mol. The third-order valence-electron chi connectivity index (χ3n) is 4.89. The number of nitrogens with two attached hydrogens (primary N) is 1. The van der Waals surface area contributed by atoms with E-state index in [2.05, 4.69) is 18.3 Å². The fraction of sp³-hybridized carbons (Fsp3) is 0.318. The minimum atomic E-state index is -0.297. The molecule has 0 saturated heterocycles. The van der Waals surface area contributed by atoms with Crippen LogP contribution in [0.5, 0.6) is 11.5 Å². The smallest absolute Gasteiger partial charge is 0.336 e. The van der Waals surface area contributed by atoms with Gasteiger partial charge in [0.15, 0.2) is 11.5 Å². The van der Waals surface area contributed by atoms with Gasteiger partial charge in [0.25, 0.3) is 0 Å². The molecule has 1 aromatic heterocycles. The van der Waals surface area contributed by atoms with Crippen LogP contribution in [0.3, 0.4) is 0 Å². The Kier molecular flexibility index (Phi) is 5.81. The van der Waals surface area contributed by atoms with E-state index in [4.69, 9.17) is 13.9 Å². The highest BCUT2D eigenvalue weighted by Gasteiger charge is 2.10. The van der Waals surface area contributed by atoms with E-state index in [1.54, 1.807) is 20.3 Å². The second-order valence-electron chi connectivity index (χ2n) is 6.74. The van der Waals surface area contributed by atoms with Crippen molar-refractivity contribution in [1.29, 1.82) is 0 Å². The van der Waals surface area contributed by atoms with Crippen LogP contribution in [0.2, 0.25) is 0 Å². The number of hydrogen-bond acceptors (Lipinski definition) is 4. The Labute approximate surface area is 158 Å². The maximum absolute atomic E-state index is 11.9. The second-order valence-corrected chi connectivity index (χ2v) is 6.74. The minimum Gasteiger partial charge on any atom is -0.493 e. The van der Waals surface area contributed by atoms with Crippen LogP contribution in [0.25, 0.3) is 11.0 Å². The quantitative estimate of drug-likeness (QED) is 0.514. The highest BCUT2D eigenvalue weighted by molar-refractivity contribution is 5.81. The molecule has 1 heterocycles. The summed E-state index contributed by atoms with van der Waals surface area (Å²) in [6, 6.07) is 11.6. The zero-order valence-corrected chi connectivity index (χ0v) is 16.3. The van der Waals surface area contributed by atoms with Crippen molar-refractivity contribution in [3.05, 3.63) is 69.1 Å². The number of quaternary nitrogens is 1. The van der Waals surface area contributed by atoms with E-state index >= 15 is 0 Å². The van der Waals surface area contributed by atoms with Gasteiger partial charge in [0.05, 0.1) is 20.8 Å². The molecule has 2 N–H and O–H groups in total.